The molecular weight excluding hydrogens is 272 g/mol. The first-order valence-electron chi connectivity index (χ1n) is 7.22. The predicted molar refractivity (Wildman–Crippen MR) is 80.9 cm³/mol. The number of thiazole rings is 1. The SMILES string of the molecule is Cc1nc(C2CCNCC2)sc1COC(=O)C(C)(C)C. The molecule has 0 aliphatic carbocycles. The Morgan fingerprint density at radius 3 is 2.65 bits per heavy atom. The van der Waals surface area contributed by atoms with Crippen LogP contribution in [0.15, 0.2) is 0 Å². The smallest absolute Gasteiger partial charge is 0.311 e. The number of ether oxygens (including phenoxy) is 1. The van der Waals surface area contributed by atoms with Crippen LogP contribution in [-0.2, 0) is 16.1 Å². The molecule has 1 aromatic rings. The number of hydrogen-bond acceptors (Lipinski definition) is 5. The number of carbonyl (C=O) groups is 1. The van der Waals surface area contributed by atoms with Crippen LogP contribution in [0.25, 0.3) is 0 Å². The minimum Gasteiger partial charge on any atom is -0.459 e. The summed E-state index contributed by atoms with van der Waals surface area (Å²) in [5, 5.41) is 4.57. The van der Waals surface area contributed by atoms with Crippen molar-refractivity contribution in [3.63, 3.8) is 0 Å². The standard InChI is InChI=1S/C15H24N2O2S/c1-10-12(9-19-14(18)15(2,3)4)20-13(17-10)11-5-7-16-8-6-11/h11,16H,5-9H2,1-4H3. The average molecular weight is 296 g/mol. The summed E-state index contributed by atoms with van der Waals surface area (Å²) in [6.45, 7) is 10.1. The van der Waals surface area contributed by atoms with Gasteiger partial charge in [0.25, 0.3) is 0 Å². The first-order chi connectivity index (χ1) is 9.38. The molecule has 2 rings (SSSR count). The highest BCUT2D eigenvalue weighted by molar-refractivity contribution is 7.11. The minimum absolute atomic E-state index is 0.159. The van der Waals surface area contributed by atoms with Gasteiger partial charge in [0.2, 0.25) is 0 Å². The van der Waals surface area contributed by atoms with Crippen molar-refractivity contribution in [2.45, 2.75) is 53.1 Å². The van der Waals surface area contributed by atoms with Gasteiger partial charge in [0.1, 0.15) is 6.61 Å². The molecule has 0 saturated carbocycles. The highest BCUT2D eigenvalue weighted by Gasteiger charge is 2.24. The normalized spacial score (nSPS) is 17.2. The summed E-state index contributed by atoms with van der Waals surface area (Å²) in [6, 6.07) is 0. The molecule has 0 atom stereocenters. The predicted octanol–water partition coefficient (Wildman–Crippen LogP) is 3.01. The van der Waals surface area contributed by atoms with E-state index in [0.717, 1.165) is 36.5 Å². The van der Waals surface area contributed by atoms with Crippen molar-refractivity contribution in [2.24, 2.45) is 5.41 Å². The average Bonchev–Trinajstić information content (AvgIpc) is 2.77. The van der Waals surface area contributed by atoms with Crippen LogP contribution in [-0.4, -0.2) is 24.0 Å². The highest BCUT2D eigenvalue weighted by atomic mass is 32.1. The molecule has 0 unspecified atom stereocenters. The Labute approximate surface area is 124 Å². The molecule has 1 aliphatic heterocycles. The molecule has 1 aromatic heterocycles. The molecule has 4 nitrogen and oxygen atoms in total. The number of esters is 1. The van der Waals surface area contributed by atoms with Gasteiger partial charge in [0, 0.05) is 5.92 Å². The fourth-order valence-electron chi connectivity index (χ4n) is 2.18. The lowest BCUT2D eigenvalue weighted by Gasteiger charge is -2.20. The van der Waals surface area contributed by atoms with Crippen molar-refractivity contribution in [3.8, 4) is 0 Å². The van der Waals surface area contributed by atoms with E-state index < -0.39 is 5.41 Å². The van der Waals surface area contributed by atoms with Crippen LogP contribution < -0.4 is 5.32 Å². The van der Waals surface area contributed by atoms with E-state index in [1.54, 1.807) is 11.3 Å². The number of aromatic nitrogens is 1. The molecule has 5 heteroatoms. The Morgan fingerprint density at radius 1 is 1.40 bits per heavy atom. The first-order valence-corrected chi connectivity index (χ1v) is 8.03. The van der Waals surface area contributed by atoms with Gasteiger partial charge in [0.05, 0.1) is 21.0 Å². The number of aryl methyl sites for hydroxylation is 1. The van der Waals surface area contributed by atoms with Crippen LogP contribution in [0.5, 0.6) is 0 Å². The molecule has 1 saturated heterocycles. The van der Waals surface area contributed by atoms with Crippen molar-refractivity contribution >= 4 is 17.3 Å². The van der Waals surface area contributed by atoms with Crippen molar-refractivity contribution in [1.82, 2.24) is 10.3 Å². The number of nitrogens with one attached hydrogen (secondary N) is 1. The maximum absolute atomic E-state index is 11.8. The van der Waals surface area contributed by atoms with Crippen LogP contribution in [0.4, 0.5) is 0 Å². The van der Waals surface area contributed by atoms with Crippen LogP contribution in [0.2, 0.25) is 0 Å². The molecule has 1 N–H and O–H groups in total. The monoisotopic (exact) mass is 296 g/mol. The summed E-state index contributed by atoms with van der Waals surface area (Å²) in [5.41, 5.74) is 0.557. The van der Waals surface area contributed by atoms with E-state index in [-0.39, 0.29) is 5.97 Å². The van der Waals surface area contributed by atoms with E-state index in [2.05, 4.69) is 10.3 Å². The highest BCUT2D eigenvalue weighted by Crippen LogP contribution is 2.31. The number of nitrogens with zero attached hydrogens (tertiary/aromatic N) is 1. The van der Waals surface area contributed by atoms with E-state index in [0.29, 0.717) is 12.5 Å². The van der Waals surface area contributed by atoms with E-state index in [4.69, 9.17) is 4.74 Å². The second kappa shape index (κ2) is 6.22. The summed E-state index contributed by atoms with van der Waals surface area (Å²) < 4.78 is 5.39. The Hall–Kier alpha value is -0.940. The molecule has 2 heterocycles. The second-order valence-corrected chi connectivity index (χ2v) is 7.53. The van der Waals surface area contributed by atoms with Gasteiger partial charge in [-0.15, -0.1) is 11.3 Å². The van der Waals surface area contributed by atoms with Gasteiger partial charge in [0.15, 0.2) is 0 Å². The quantitative estimate of drug-likeness (QED) is 0.871. The van der Waals surface area contributed by atoms with Crippen molar-refractivity contribution in [2.75, 3.05) is 13.1 Å². The molecular formula is C15H24N2O2S. The number of carbonyl (C=O) groups excluding carboxylic acids is 1. The fraction of sp³-hybridized carbons (Fsp3) is 0.733. The first kappa shape index (κ1) is 15.4. The Balaban J connectivity index is 1.99. The van der Waals surface area contributed by atoms with E-state index in [9.17, 15) is 4.79 Å². The van der Waals surface area contributed by atoms with Gasteiger partial charge in [-0.05, 0) is 53.6 Å². The number of piperidine rings is 1. The van der Waals surface area contributed by atoms with Gasteiger partial charge >= 0.3 is 5.97 Å². The van der Waals surface area contributed by atoms with Crippen LogP contribution >= 0.6 is 11.3 Å². The van der Waals surface area contributed by atoms with Gasteiger partial charge in [-0.3, -0.25) is 4.79 Å². The van der Waals surface area contributed by atoms with Crippen LogP contribution in [0.3, 0.4) is 0 Å². The summed E-state index contributed by atoms with van der Waals surface area (Å²) in [6.07, 6.45) is 2.29. The fourth-order valence-corrected chi connectivity index (χ4v) is 3.32. The Morgan fingerprint density at radius 2 is 2.05 bits per heavy atom. The zero-order valence-corrected chi connectivity index (χ0v) is 13.6. The molecule has 0 bridgehead atoms. The van der Waals surface area contributed by atoms with Crippen LogP contribution in [0.1, 0.15) is 55.1 Å². The minimum atomic E-state index is -0.448. The molecule has 0 amide bonds. The molecule has 20 heavy (non-hydrogen) atoms. The third-order valence-electron chi connectivity index (χ3n) is 3.54. The van der Waals surface area contributed by atoms with Gasteiger partial charge in [-0.1, -0.05) is 0 Å². The molecule has 1 fully saturated rings. The van der Waals surface area contributed by atoms with Crippen molar-refractivity contribution < 1.29 is 9.53 Å². The largest absolute Gasteiger partial charge is 0.459 e. The lowest BCUT2D eigenvalue weighted by Crippen LogP contribution is -2.26. The summed E-state index contributed by atoms with van der Waals surface area (Å²) in [4.78, 5) is 17.6. The summed E-state index contributed by atoms with van der Waals surface area (Å²) >= 11 is 1.70. The summed E-state index contributed by atoms with van der Waals surface area (Å²) in [7, 11) is 0. The van der Waals surface area contributed by atoms with Gasteiger partial charge in [-0.25, -0.2) is 4.98 Å². The molecule has 1 aliphatic rings. The maximum atomic E-state index is 11.8. The molecule has 0 aromatic carbocycles. The van der Waals surface area contributed by atoms with E-state index >= 15 is 0 Å². The third-order valence-corrected chi connectivity index (χ3v) is 4.84. The Kier molecular flexibility index (Phi) is 4.81. The third kappa shape index (κ3) is 3.79. The van der Waals surface area contributed by atoms with E-state index in [1.165, 1.54) is 5.01 Å². The zero-order valence-electron chi connectivity index (χ0n) is 12.8. The topological polar surface area (TPSA) is 51.2 Å². The van der Waals surface area contributed by atoms with Crippen LogP contribution in [0, 0.1) is 12.3 Å². The van der Waals surface area contributed by atoms with E-state index in [1.807, 2.05) is 27.7 Å². The second-order valence-electron chi connectivity index (χ2n) is 6.41. The molecule has 0 spiro atoms. The maximum Gasteiger partial charge on any atom is 0.311 e. The molecule has 112 valence electrons. The van der Waals surface area contributed by atoms with Gasteiger partial charge in [-0.2, -0.15) is 0 Å². The molecule has 0 radical (unpaired) electrons. The van der Waals surface area contributed by atoms with Crippen molar-refractivity contribution in [3.05, 3.63) is 15.6 Å². The zero-order chi connectivity index (χ0) is 14.8. The van der Waals surface area contributed by atoms with Gasteiger partial charge < -0.3 is 10.1 Å². The summed E-state index contributed by atoms with van der Waals surface area (Å²) in [5.74, 6) is 0.403. The van der Waals surface area contributed by atoms with Crippen molar-refractivity contribution in [1.29, 1.82) is 0 Å². The lowest BCUT2D eigenvalue weighted by atomic mass is 9.97. The number of rotatable bonds is 3. The lowest BCUT2D eigenvalue weighted by molar-refractivity contribution is -0.154. The number of hydrogen-bond donors (Lipinski definition) is 1. The Bertz CT molecular complexity index is 471.